The molecular weight excluding hydrogens is 1490 g/mol. The van der Waals surface area contributed by atoms with Crippen molar-refractivity contribution in [1.29, 1.82) is 0 Å². The first-order chi connectivity index (χ1) is 60.4. The fourth-order valence-electron chi connectivity index (χ4n) is 19.6. The Hall–Kier alpha value is -16.2. The van der Waals surface area contributed by atoms with Crippen LogP contribution in [-0.4, -0.2) is 29.9 Å². The molecule has 21 aromatic rings. The summed E-state index contributed by atoms with van der Waals surface area (Å²) in [6.45, 7) is 0. The second-order valence-corrected chi connectivity index (χ2v) is 31.7. The van der Waals surface area contributed by atoms with Crippen LogP contribution in [0.4, 0.5) is 0 Å². The number of aromatic nitrogens is 6. The molecule has 4 aromatic heterocycles. The van der Waals surface area contributed by atoms with Crippen molar-refractivity contribution in [1.82, 2.24) is 29.9 Å². The summed E-state index contributed by atoms with van der Waals surface area (Å²) in [6.07, 6.45) is 0. The minimum Gasteiger partial charge on any atom is -0.457 e. The fraction of sp³-hybridized carbons (Fsp3) is 0.0175. The summed E-state index contributed by atoms with van der Waals surface area (Å²) in [4.78, 5) is 31.7. The molecule has 8 nitrogen and oxygen atoms in total. The van der Waals surface area contributed by atoms with Crippen molar-refractivity contribution >= 4 is 43.4 Å². The van der Waals surface area contributed by atoms with E-state index < -0.39 is 10.8 Å². The number of rotatable bonds is 9. The maximum absolute atomic E-state index is 6.66. The number of ether oxygens (including phenoxy) is 2. The molecule has 122 heavy (non-hydrogen) atoms. The summed E-state index contributed by atoms with van der Waals surface area (Å²) in [7, 11) is 0. The van der Waals surface area contributed by atoms with Crippen molar-refractivity contribution in [3.63, 3.8) is 0 Å². The van der Waals surface area contributed by atoms with Gasteiger partial charge in [0.15, 0.2) is 11.6 Å². The second kappa shape index (κ2) is 28.3. The third kappa shape index (κ3) is 11.1. The van der Waals surface area contributed by atoms with Gasteiger partial charge in [0.1, 0.15) is 23.0 Å². The van der Waals surface area contributed by atoms with Crippen molar-refractivity contribution in [2.45, 2.75) is 10.8 Å². The van der Waals surface area contributed by atoms with Gasteiger partial charge in [0.05, 0.1) is 56.0 Å². The topological polar surface area (TPSA) is 95.8 Å². The van der Waals surface area contributed by atoms with E-state index in [0.717, 1.165) is 173 Å². The molecule has 0 N–H and O–H groups in total. The van der Waals surface area contributed by atoms with Gasteiger partial charge in [-0.3, -0.25) is 0 Å². The summed E-state index contributed by atoms with van der Waals surface area (Å²) < 4.78 is 13.3. The fourth-order valence-corrected chi connectivity index (χ4v) is 19.6. The van der Waals surface area contributed by atoms with E-state index in [0.29, 0.717) is 11.6 Å². The highest BCUT2D eigenvalue weighted by Crippen LogP contribution is 2.65. The highest BCUT2D eigenvalue weighted by atomic mass is 16.5. The molecular formula is C114H70N6O2. The number of nitrogens with zero attached hydrogens (tertiary/aromatic N) is 6. The predicted molar refractivity (Wildman–Crippen MR) is 493 cm³/mol. The zero-order valence-electron chi connectivity index (χ0n) is 65.9. The maximum atomic E-state index is 6.66. The summed E-state index contributed by atoms with van der Waals surface area (Å²) in [6, 6.07) is 150. The molecule has 0 unspecified atom stereocenters. The Morgan fingerprint density at radius 2 is 0.443 bits per heavy atom. The molecule has 8 heteroatoms. The first-order valence-corrected chi connectivity index (χ1v) is 41.4. The Balaban J connectivity index is 0.000000139. The molecule has 0 saturated carbocycles. The van der Waals surface area contributed by atoms with Crippen LogP contribution in [0.5, 0.6) is 23.0 Å². The Morgan fingerprint density at radius 1 is 0.164 bits per heavy atom. The first-order valence-electron chi connectivity index (χ1n) is 41.4. The van der Waals surface area contributed by atoms with E-state index in [1.165, 1.54) is 50.1 Å². The van der Waals surface area contributed by atoms with E-state index in [1.807, 2.05) is 60.7 Å². The van der Waals surface area contributed by atoms with Crippen LogP contribution >= 0.6 is 0 Å². The summed E-state index contributed by atoms with van der Waals surface area (Å²) in [5, 5.41) is 6.69. The standard InChI is InChI=1S/C60H37N3O.C54H33N3O/c1-4-16-38(17-5-1)39-28-30-40(31-29-39)53-37-54(63-59(62-53)42-20-8-3-9-21-42)43-32-33-45-46-36-52-47(35-48(46)58(61-55(45)34-43)41-18-6-2-7-19-41)44-22-10-11-23-49(44)60(52)50-24-12-14-26-56(50)64-57-27-15-13-25-51(57)60;1-4-16-34(17-5-1)47-33-48(57-53(56-47)36-20-8-3-9-21-36)37-28-29-39-40-32-46-41(31-42(40)52(55-49(39)30-37)35-18-6-2-7-19-35)38-22-10-11-23-43(38)54(46)44-24-12-14-26-50(44)58-51-27-15-13-25-45(51)54/h1-37H;1-33H. The van der Waals surface area contributed by atoms with E-state index in [1.54, 1.807) is 0 Å². The predicted octanol–water partition coefficient (Wildman–Crippen LogP) is 28.3. The maximum Gasteiger partial charge on any atom is 0.160 e. The van der Waals surface area contributed by atoms with E-state index in [4.69, 9.17) is 39.4 Å². The molecule has 0 fully saturated rings. The summed E-state index contributed by atoms with van der Waals surface area (Å²) in [5.41, 5.74) is 30.9. The molecule has 2 aliphatic carbocycles. The average Bonchev–Trinajstić information content (AvgIpc) is 1.51. The molecule has 17 aromatic carbocycles. The van der Waals surface area contributed by atoms with Crippen LogP contribution in [0.3, 0.4) is 0 Å². The molecule has 25 rings (SSSR count). The molecule has 2 spiro atoms. The monoisotopic (exact) mass is 1550 g/mol. The van der Waals surface area contributed by atoms with Gasteiger partial charge in [-0.1, -0.05) is 352 Å². The van der Waals surface area contributed by atoms with Gasteiger partial charge in [-0.25, -0.2) is 29.9 Å². The molecule has 4 aliphatic rings. The molecule has 0 saturated heterocycles. The second-order valence-electron chi connectivity index (χ2n) is 31.7. The van der Waals surface area contributed by atoms with Crippen molar-refractivity contribution < 1.29 is 9.47 Å². The third-order valence-corrected chi connectivity index (χ3v) is 25.1. The highest BCUT2D eigenvalue weighted by molar-refractivity contribution is 6.16. The van der Waals surface area contributed by atoms with Crippen molar-refractivity contribution in [3.05, 3.63) is 469 Å². The minimum absolute atomic E-state index is 0.573. The third-order valence-electron chi connectivity index (χ3n) is 25.1. The van der Waals surface area contributed by atoms with Crippen LogP contribution in [0.25, 0.3) is 167 Å². The normalized spacial score (nSPS) is 13.0. The Kier molecular flexibility index (Phi) is 16.3. The molecule has 2 aliphatic heterocycles. The first kappa shape index (κ1) is 70.1. The molecule has 6 heterocycles. The van der Waals surface area contributed by atoms with Crippen LogP contribution in [-0.2, 0) is 10.8 Å². The van der Waals surface area contributed by atoms with Crippen molar-refractivity contribution in [2.75, 3.05) is 0 Å². The smallest absolute Gasteiger partial charge is 0.160 e. The van der Waals surface area contributed by atoms with Crippen LogP contribution in [0, 0.1) is 0 Å². The molecule has 568 valence electrons. The van der Waals surface area contributed by atoms with Crippen LogP contribution in [0.15, 0.2) is 425 Å². The molecule has 0 atom stereocenters. The number of benzene rings is 17. The number of para-hydroxylation sites is 4. The van der Waals surface area contributed by atoms with Gasteiger partial charge in [0, 0.05) is 88.3 Å². The Morgan fingerprint density at radius 3 is 0.820 bits per heavy atom. The lowest BCUT2D eigenvalue weighted by atomic mass is 9.66. The molecule has 0 radical (unpaired) electrons. The lowest BCUT2D eigenvalue weighted by Crippen LogP contribution is -2.32. The van der Waals surface area contributed by atoms with Gasteiger partial charge in [0.25, 0.3) is 0 Å². The van der Waals surface area contributed by atoms with Gasteiger partial charge in [0.2, 0.25) is 0 Å². The summed E-state index contributed by atoms with van der Waals surface area (Å²) >= 11 is 0. The van der Waals surface area contributed by atoms with E-state index in [9.17, 15) is 0 Å². The zero-order chi connectivity index (χ0) is 80.4. The minimum atomic E-state index is -0.585. The van der Waals surface area contributed by atoms with E-state index >= 15 is 0 Å². The molecule has 0 bridgehead atoms. The number of pyridine rings is 2. The van der Waals surface area contributed by atoms with Crippen molar-refractivity contribution in [3.8, 4) is 147 Å². The van der Waals surface area contributed by atoms with Crippen LogP contribution in [0.2, 0.25) is 0 Å². The number of hydrogen-bond donors (Lipinski definition) is 0. The lowest BCUT2D eigenvalue weighted by Gasteiger charge is -2.39. The SMILES string of the molecule is c1ccc(-c2cc(-c3ccc4c(c3)nc(-c3ccccc3)c3cc5c(cc34)C3(c4ccccc4Oc4ccccc43)c3ccccc3-5)nc(-c3ccccc3)n2)cc1.c1ccc(-c2ccc(-c3cc(-c4ccc5c(c4)nc(-c4ccccc4)c4cc6c(cc45)C4(c5ccccc5Oc5ccccc54)c4ccccc4-6)nc(-c4ccccc4)n3)cc2)cc1. The number of fused-ring (bicyclic) bond motifs is 24. The largest absolute Gasteiger partial charge is 0.457 e. The highest BCUT2D eigenvalue weighted by Gasteiger charge is 2.53. The lowest BCUT2D eigenvalue weighted by molar-refractivity contribution is 0.436. The van der Waals surface area contributed by atoms with Crippen molar-refractivity contribution in [2.24, 2.45) is 0 Å². The van der Waals surface area contributed by atoms with Gasteiger partial charge in [-0.15, -0.1) is 0 Å². The van der Waals surface area contributed by atoms with Gasteiger partial charge < -0.3 is 9.47 Å². The van der Waals surface area contributed by atoms with Crippen LogP contribution in [0.1, 0.15) is 44.5 Å². The zero-order valence-corrected chi connectivity index (χ0v) is 65.9. The Bertz CT molecular complexity index is 7650. The van der Waals surface area contributed by atoms with Gasteiger partial charge in [-0.05, 0) is 139 Å². The Labute approximate surface area is 704 Å². The average molecular weight is 1560 g/mol. The van der Waals surface area contributed by atoms with Gasteiger partial charge in [-0.2, -0.15) is 0 Å². The molecule has 0 amide bonds. The summed E-state index contributed by atoms with van der Waals surface area (Å²) in [5.74, 6) is 4.88. The van der Waals surface area contributed by atoms with E-state index in [2.05, 4.69) is 364 Å². The van der Waals surface area contributed by atoms with Gasteiger partial charge >= 0.3 is 0 Å². The van der Waals surface area contributed by atoms with E-state index in [-0.39, 0.29) is 0 Å². The number of hydrogen-bond acceptors (Lipinski definition) is 8. The van der Waals surface area contributed by atoms with Crippen LogP contribution < -0.4 is 9.47 Å². The quantitative estimate of drug-likeness (QED) is 0.132.